The number of hydrogen-bond acceptors (Lipinski definition) is 3. The van der Waals surface area contributed by atoms with Gasteiger partial charge in [-0.3, -0.25) is 4.79 Å². The molecule has 5 heteroatoms. The van der Waals surface area contributed by atoms with Crippen molar-refractivity contribution in [1.82, 2.24) is 5.32 Å². The summed E-state index contributed by atoms with van der Waals surface area (Å²) in [7, 11) is 0. The first-order valence-corrected chi connectivity index (χ1v) is 6.38. The number of carbonyl (C=O) groups excluding carboxylic acids is 1. The first kappa shape index (κ1) is 13.5. The molecule has 102 valence electrons. The third kappa shape index (κ3) is 3.12. The third-order valence-corrected chi connectivity index (χ3v) is 3.58. The fourth-order valence-corrected chi connectivity index (χ4v) is 2.14. The first-order chi connectivity index (χ1) is 9.01. The lowest BCUT2D eigenvalue weighted by Crippen LogP contribution is -2.61. The van der Waals surface area contributed by atoms with Crippen LogP contribution in [-0.4, -0.2) is 28.6 Å². The van der Waals surface area contributed by atoms with Gasteiger partial charge < -0.3 is 16.2 Å². The van der Waals surface area contributed by atoms with E-state index in [1.807, 2.05) is 30.3 Å². The molecule has 0 unspecified atom stereocenters. The molecule has 19 heavy (non-hydrogen) atoms. The molecule has 0 saturated heterocycles. The van der Waals surface area contributed by atoms with Crippen molar-refractivity contribution < 1.29 is 14.7 Å². The molecule has 0 aliphatic heterocycles. The van der Waals surface area contributed by atoms with Gasteiger partial charge in [0.15, 0.2) is 0 Å². The van der Waals surface area contributed by atoms with Crippen LogP contribution in [0.4, 0.5) is 0 Å². The molecule has 1 aromatic rings. The summed E-state index contributed by atoms with van der Waals surface area (Å²) in [6, 6.07) is 8.28. The van der Waals surface area contributed by atoms with Crippen LogP contribution in [-0.2, 0) is 16.0 Å². The van der Waals surface area contributed by atoms with E-state index in [9.17, 15) is 14.7 Å². The third-order valence-electron chi connectivity index (χ3n) is 3.58. The van der Waals surface area contributed by atoms with E-state index in [0.717, 1.165) is 12.0 Å². The number of rotatable bonds is 5. The standard InChI is InChI=1S/C14H18N2O3/c15-14(7-4-8-14)13(19)16-11(12(17)18)9-10-5-2-1-3-6-10/h1-3,5-6,11H,4,7-9,15H2,(H,16,19)(H,17,18)/t11-/m1/s1. The number of carboxylic acids is 1. The van der Waals surface area contributed by atoms with Crippen LogP contribution in [0.15, 0.2) is 30.3 Å². The smallest absolute Gasteiger partial charge is 0.326 e. The van der Waals surface area contributed by atoms with Gasteiger partial charge >= 0.3 is 5.97 Å². The van der Waals surface area contributed by atoms with Crippen LogP contribution < -0.4 is 11.1 Å². The summed E-state index contributed by atoms with van der Waals surface area (Å²) in [4.78, 5) is 23.2. The van der Waals surface area contributed by atoms with Gasteiger partial charge in [-0.05, 0) is 24.8 Å². The molecule has 1 saturated carbocycles. The van der Waals surface area contributed by atoms with Gasteiger partial charge in [-0.2, -0.15) is 0 Å². The highest BCUT2D eigenvalue weighted by atomic mass is 16.4. The van der Waals surface area contributed by atoms with Crippen LogP contribution in [0.5, 0.6) is 0 Å². The zero-order valence-corrected chi connectivity index (χ0v) is 10.6. The van der Waals surface area contributed by atoms with Crippen molar-refractivity contribution >= 4 is 11.9 Å². The van der Waals surface area contributed by atoms with Crippen molar-refractivity contribution in [3.8, 4) is 0 Å². The number of carbonyl (C=O) groups is 2. The quantitative estimate of drug-likeness (QED) is 0.727. The lowest BCUT2D eigenvalue weighted by molar-refractivity contribution is -0.143. The van der Waals surface area contributed by atoms with Crippen LogP contribution in [0.1, 0.15) is 24.8 Å². The van der Waals surface area contributed by atoms with Crippen LogP contribution >= 0.6 is 0 Å². The van der Waals surface area contributed by atoms with Crippen LogP contribution in [0.2, 0.25) is 0 Å². The van der Waals surface area contributed by atoms with Gasteiger partial charge in [0, 0.05) is 6.42 Å². The first-order valence-electron chi connectivity index (χ1n) is 6.38. The lowest BCUT2D eigenvalue weighted by Gasteiger charge is -2.37. The number of carboxylic acid groups (broad SMARTS) is 1. The van der Waals surface area contributed by atoms with E-state index in [2.05, 4.69) is 5.32 Å². The van der Waals surface area contributed by atoms with E-state index in [-0.39, 0.29) is 12.3 Å². The van der Waals surface area contributed by atoms with Gasteiger partial charge in [0.2, 0.25) is 5.91 Å². The number of nitrogens with one attached hydrogen (secondary N) is 1. The minimum atomic E-state index is -1.04. The Morgan fingerprint density at radius 2 is 1.95 bits per heavy atom. The van der Waals surface area contributed by atoms with E-state index in [0.29, 0.717) is 12.8 Å². The Hall–Kier alpha value is -1.88. The van der Waals surface area contributed by atoms with E-state index >= 15 is 0 Å². The molecule has 2 rings (SSSR count). The minimum absolute atomic E-state index is 0.262. The average molecular weight is 262 g/mol. The normalized spacial score (nSPS) is 18.2. The molecule has 1 atom stereocenters. The number of aliphatic carboxylic acids is 1. The number of nitrogens with two attached hydrogens (primary N) is 1. The summed E-state index contributed by atoms with van der Waals surface area (Å²) in [6.45, 7) is 0. The molecule has 0 bridgehead atoms. The summed E-state index contributed by atoms with van der Waals surface area (Å²) in [6.07, 6.45) is 2.42. The second kappa shape index (κ2) is 5.40. The van der Waals surface area contributed by atoms with Gasteiger partial charge in [-0.15, -0.1) is 0 Å². The van der Waals surface area contributed by atoms with E-state index < -0.39 is 17.6 Å². The molecule has 0 radical (unpaired) electrons. The van der Waals surface area contributed by atoms with Crippen molar-refractivity contribution in [2.24, 2.45) is 5.73 Å². The summed E-state index contributed by atoms with van der Waals surface area (Å²) >= 11 is 0. The van der Waals surface area contributed by atoms with Crippen LogP contribution in [0, 0.1) is 0 Å². The molecule has 1 aliphatic rings. The van der Waals surface area contributed by atoms with E-state index in [1.165, 1.54) is 0 Å². The molecule has 0 heterocycles. The molecular weight excluding hydrogens is 244 g/mol. The minimum Gasteiger partial charge on any atom is -0.480 e. The lowest BCUT2D eigenvalue weighted by atomic mass is 9.77. The molecular formula is C14H18N2O3. The Morgan fingerprint density at radius 1 is 1.32 bits per heavy atom. The highest BCUT2D eigenvalue weighted by Gasteiger charge is 2.41. The van der Waals surface area contributed by atoms with E-state index in [1.54, 1.807) is 0 Å². The largest absolute Gasteiger partial charge is 0.480 e. The van der Waals surface area contributed by atoms with E-state index in [4.69, 9.17) is 5.73 Å². The van der Waals surface area contributed by atoms with Gasteiger partial charge in [0.05, 0.1) is 5.54 Å². The van der Waals surface area contributed by atoms with Crippen LogP contribution in [0.3, 0.4) is 0 Å². The molecule has 4 N–H and O–H groups in total. The van der Waals surface area contributed by atoms with Gasteiger partial charge in [0.25, 0.3) is 0 Å². The predicted octanol–water partition coefficient (Wildman–Crippen LogP) is 0.680. The molecule has 1 aliphatic carbocycles. The topological polar surface area (TPSA) is 92.4 Å². The Kier molecular flexibility index (Phi) is 3.85. The maximum Gasteiger partial charge on any atom is 0.326 e. The maximum atomic E-state index is 12.0. The maximum absolute atomic E-state index is 12.0. The number of amides is 1. The molecule has 0 spiro atoms. The van der Waals surface area contributed by atoms with Gasteiger partial charge in [-0.25, -0.2) is 4.79 Å². The highest BCUT2D eigenvalue weighted by Crippen LogP contribution is 2.29. The second-order valence-electron chi connectivity index (χ2n) is 5.06. The van der Waals surface area contributed by atoms with Crippen molar-refractivity contribution in [3.05, 3.63) is 35.9 Å². The number of benzene rings is 1. The summed E-state index contributed by atoms with van der Waals surface area (Å²) in [5, 5.41) is 11.7. The van der Waals surface area contributed by atoms with Gasteiger partial charge in [0.1, 0.15) is 6.04 Å². The monoisotopic (exact) mass is 262 g/mol. The summed E-state index contributed by atoms with van der Waals surface area (Å²) in [5.74, 6) is -1.40. The summed E-state index contributed by atoms with van der Waals surface area (Å²) in [5.41, 5.74) is 5.88. The zero-order chi connectivity index (χ0) is 13.9. The van der Waals surface area contributed by atoms with Crippen LogP contribution in [0.25, 0.3) is 0 Å². The Labute approximate surface area is 111 Å². The molecule has 1 amide bonds. The summed E-state index contributed by atoms with van der Waals surface area (Å²) < 4.78 is 0. The Bertz CT molecular complexity index is 469. The predicted molar refractivity (Wildman–Crippen MR) is 70.5 cm³/mol. The zero-order valence-electron chi connectivity index (χ0n) is 10.6. The highest BCUT2D eigenvalue weighted by molar-refractivity contribution is 5.90. The van der Waals surface area contributed by atoms with Crippen molar-refractivity contribution in [3.63, 3.8) is 0 Å². The molecule has 1 fully saturated rings. The van der Waals surface area contributed by atoms with Crippen molar-refractivity contribution in [2.45, 2.75) is 37.3 Å². The molecule has 1 aromatic carbocycles. The fraction of sp³-hybridized carbons (Fsp3) is 0.429. The molecule has 5 nitrogen and oxygen atoms in total. The molecule has 0 aromatic heterocycles. The average Bonchev–Trinajstić information content (AvgIpc) is 2.36. The SMILES string of the molecule is NC1(C(=O)N[C@H](Cc2ccccc2)C(=O)O)CCC1. The van der Waals surface area contributed by atoms with Crippen molar-refractivity contribution in [1.29, 1.82) is 0 Å². The Morgan fingerprint density at radius 3 is 2.42 bits per heavy atom. The Balaban J connectivity index is 2.01. The number of hydrogen-bond donors (Lipinski definition) is 3. The van der Waals surface area contributed by atoms with Gasteiger partial charge in [-0.1, -0.05) is 30.3 Å². The fourth-order valence-electron chi connectivity index (χ4n) is 2.14. The second-order valence-corrected chi connectivity index (χ2v) is 5.06. The van der Waals surface area contributed by atoms with Crippen molar-refractivity contribution in [2.75, 3.05) is 0 Å².